The second kappa shape index (κ2) is 5.94. The lowest BCUT2D eigenvalue weighted by atomic mass is 10.0. The summed E-state index contributed by atoms with van der Waals surface area (Å²) in [5.41, 5.74) is -1.42. The third-order valence-corrected chi connectivity index (χ3v) is 5.66. The average Bonchev–Trinajstić information content (AvgIpc) is 2.88. The summed E-state index contributed by atoms with van der Waals surface area (Å²) < 4.78 is 33.1. The maximum atomic E-state index is 12.6. The largest absolute Gasteiger partial charge is 0.495 e. The Hall–Kier alpha value is -1.12. The van der Waals surface area contributed by atoms with Crippen LogP contribution in [0, 0.1) is 0 Å². The van der Waals surface area contributed by atoms with Gasteiger partial charge in [0.15, 0.2) is 0 Å². The molecule has 1 saturated carbocycles. The fourth-order valence-electron chi connectivity index (χ4n) is 2.51. The van der Waals surface area contributed by atoms with E-state index in [2.05, 4.69) is 20.7 Å². The van der Waals surface area contributed by atoms with Crippen LogP contribution in [0.4, 0.5) is 0 Å². The van der Waals surface area contributed by atoms with Crippen LogP contribution in [-0.4, -0.2) is 32.1 Å². The number of carbonyl (C=O) groups is 1. The molecular weight excluding hydrogens is 362 g/mol. The van der Waals surface area contributed by atoms with Gasteiger partial charge in [-0.05, 0) is 31.0 Å². The third-order valence-electron chi connectivity index (χ3n) is 3.61. The molecule has 1 aromatic rings. The fourth-order valence-corrected chi connectivity index (χ4v) is 4.64. The summed E-state index contributed by atoms with van der Waals surface area (Å²) in [4.78, 5) is 11.4. The first-order chi connectivity index (χ1) is 9.81. The van der Waals surface area contributed by atoms with E-state index < -0.39 is 21.5 Å². The summed E-state index contributed by atoms with van der Waals surface area (Å²) in [6, 6.07) is 4.56. The third kappa shape index (κ3) is 3.22. The Kier molecular flexibility index (Phi) is 4.60. The number of nitrogens with one attached hydrogen (secondary N) is 1. The number of carboxylic acid groups (broad SMARTS) is 1. The van der Waals surface area contributed by atoms with E-state index in [9.17, 15) is 18.3 Å². The molecule has 0 aliphatic heterocycles. The van der Waals surface area contributed by atoms with Gasteiger partial charge in [0, 0.05) is 4.47 Å². The Bertz CT molecular complexity index is 653. The quantitative estimate of drug-likeness (QED) is 0.819. The zero-order chi connectivity index (χ0) is 15.7. The summed E-state index contributed by atoms with van der Waals surface area (Å²) in [6.45, 7) is 0. The Balaban J connectivity index is 2.43. The molecule has 0 aromatic heterocycles. The summed E-state index contributed by atoms with van der Waals surface area (Å²) in [5, 5.41) is 9.39. The molecule has 2 N–H and O–H groups in total. The van der Waals surface area contributed by atoms with Gasteiger partial charge in [0.1, 0.15) is 16.2 Å². The van der Waals surface area contributed by atoms with E-state index in [0.717, 1.165) is 0 Å². The van der Waals surface area contributed by atoms with Gasteiger partial charge in [-0.25, -0.2) is 8.42 Å². The number of methoxy groups -OCH3 is 1. The number of sulfonamides is 1. The van der Waals surface area contributed by atoms with Crippen LogP contribution in [-0.2, 0) is 14.8 Å². The first-order valence-corrected chi connectivity index (χ1v) is 8.69. The second-order valence-corrected chi connectivity index (χ2v) is 7.56. The molecule has 0 radical (unpaired) electrons. The van der Waals surface area contributed by atoms with Gasteiger partial charge in [0.25, 0.3) is 0 Å². The predicted molar refractivity (Wildman–Crippen MR) is 79.9 cm³/mol. The molecule has 2 rings (SSSR count). The highest BCUT2D eigenvalue weighted by Gasteiger charge is 2.45. The van der Waals surface area contributed by atoms with Crippen molar-refractivity contribution in [2.75, 3.05) is 7.11 Å². The van der Waals surface area contributed by atoms with Crippen LogP contribution in [0.3, 0.4) is 0 Å². The van der Waals surface area contributed by atoms with Crippen LogP contribution in [0.1, 0.15) is 25.7 Å². The van der Waals surface area contributed by atoms with Gasteiger partial charge in [-0.2, -0.15) is 4.72 Å². The molecule has 1 aliphatic carbocycles. The van der Waals surface area contributed by atoms with Crippen molar-refractivity contribution in [3.63, 3.8) is 0 Å². The number of benzene rings is 1. The van der Waals surface area contributed by atoms with Crippen molar-refractivity contribution < 1.29 is 23.1 Å². The van der Waals surface area contributed by atoms with E-state index >= 15 is 0 Å². The minimum Gasteiger partial charge on any atom is -0.495 e. The van der Waals surface area contributed by atoms with Gasteiger partial charge in [-0.3, -0.25) is 4.79 Å². The van der Waals surface area contributed by atoms with Gasteiger partial charge in [0.2, 0.25) is 10.0 Å². The van der Waals surface area contributed by atoms with Crippen molar-refractivity contribution >= 4 is 31.9 Å². The molecule has 116 valence electrons. The molecule has 8 heteroatoms. The number of hydrogen-bond acceptors (Lipinski definition) is 4. The highest BCUT2D eigenvalue weighted by molar-refractivity contribution is 9.10. The number of halogens is 1. The molecule has 0 heterocycles. The Morgan fingerprint density at radius 1 is 1.38 bits per heavy atom. The maximum Gasteiger partial charge on any atom is 0.324 e. The van der Waals surface area contributed by atoms with Gasteiger partial charge < -0.3 is 9.84 Å². The van der Waals surface area contributed by atoms with Crippen molar-refractivity contribution in [3.8, 4) is 5.75 Å². The van der Waals surface area contributed by atoms with E-state index in [0.29, 0.717) is 17.3 Å². The second-order valence-electron chi connectivity index (χ2n) is 5.00. The first-order valence-electron chi connectivity index (χ1n) is 6.42. The van der Waals surface area contributed by atoms with E-state index in [1.54, 1.807) is 6.07 Å². The Labute approximate surface area is 131 Å². The van der Waals surface area contributed by atoms with Crippen LogP contribution in [0.2, 0.25) is 0 Å². The smallest absolute Gasteiger partial charge is 0.324 e. The van der Waals surface area contributed by atoms with Crippen LogP contribution in [0.15, 0.2) is 27.6 Å². The minimum absolute atomic E-state index is 0.0769. The van der Waals surface area contributed by atoms with Gasteiger partial charge in [0.05, 0.1) is 7.11 Å². The summed E-state index contributed by atoms with van der Waals surface area (Å²) in [7, 11) is -2.63. The molecule has 0 amide bonds. The molecule has 1 aliphatic rings. The van der Waals surface area contributed by atoms with Crippen molar-refractivity contribution in [2.24, 2.45) is 0 Å². The molecule has 6 nitrogen and oxygen atoms in total. The highest BCUT2D eigenvalue weighted by Crippen LogP contribution is 2.34. The fraction of sp³-hybridized carbons (Fsp3) is 0.462. The number of ether oxygens (including phenoxy) is 1. The van der Waals surface area contributed by atoms with Crippen molar-refractivity contribution in [2.45, 2.75) is 36.1 Å². The van der Waals surface area contributed by atoms with E-state index in [-0.39, 0.29) is 23.5 Å². The average molecular weight is 378 g/mol. The maximum absolute atomic E-state index is 12.6. The normalized spacial score (nSPS) is 17.6. The van der Waals surface area contributed by atoms with Crippen molar-refractivity contribution in [3.05, 3.63) is 22.7 Å². The summed E-state index contributed by atoms with van der Waals surface area (Å²) >= 11 is 3.21. The van der Waals surface area contributed by atoms with E-state index in [4.69, 9.17) is 4.74 Å². The van der Waals surface area contributed by atoms with Crippen LogP contribution >= 0.6 is 15.9 Å². The van der Waals surface area contributed by atoms with Crippen LogP contribution in [0.25, 0.3) is 0 Å². The van der Waals surface area contributed by atoms with Crippen LogP contribution in [0.5, 0.6) is 5.75 Å². The molecule has 0 spiro atoms. The Morgan fingerprint density at radius 2 is 2.00 bits per heavy atom. The van der Waals surface area contributed by atoms with Crippen molar-refractivity contribution in [1.29, 1.82) is 0 Å². The molecular formula is C13H16BrNO5S. The summed E-state index contributed by atoms with van der Waals surface area (Å²) in [5.74, 6) is -0.971. The van der Waals surface area contributed by atoms with Crippen molar-refractivity contribution in [1.82, 2.24) is 4.72 Å². The van der Waals surface area contributed by atoms with Gasteiger partial charge in [-0.1, -0.05) is 28.8 Å². The Morgan fingerprint density at radius 3 is 2.52 bits per heavy atom. The lowest BCUT2D eigenvalue weighted by molar-refractivity contribution is -0.143. The first kappa shape index (κ1) is 16.3. The molecule has 1 fully saturated rings. The zero-order valence-corrected chi connectivity index (χ0v) is 13.8. The van der Waals surface area contributed by atoms with Gasteiger partial charge >= 0.3 is 5.97 Å². The molecule has 0 atom stereocenters. The number of rotatable bonds is 5. The van der Waals surface area contributed by atoms with E-state index in [1.807, 2.05) is 0 Å². The topological polar surface area (TPSA) is 92.7 Å². The number of carboxylic acids is 1. The highest BCUT2D eigenvalue weighted by atomic mass is 79.9. The molecule has 21 heavy (non-hydrogen) atoms. The monoisotopic (exact) mass is 377 g/mol. The lowest BCUT2D eigenvalue weighted by Crippen LogP contribution is -2.52. The van der Waals surface area contributed by atoms with Crippen LogP contribution < -0.4 is 9.46 Å². The number of aliphatic carboxylic acids is 1. The molecule has 0 saturated heterocycles. The summed E-state index contributed by atoms with van der Waals surface area (Å²) in [6.07, 6.45) is 1.95. The van der Waals surface area contributed by atoms with E-state index in [1.165, 1.54) is 19.2 Å². The predicted octanol–water partition coefficient (Wildman–Crippen LogP) is 2.13. The molecule has 1 aromatic carbocycles. The molecule has 0 unspecified atom stereocenters. The zero-order valence-electron chi connectivity index (χ0n) is 11.4. The van der Waals surface area contributed by atoms with Gasteiger partial charge in [-0.15, -0.1) is 0 Å². The SMILES string of the molecule is COc1ccc(Br)cc1S(=O)(=O)NC1(C(=O)O)CCCC1. The lowest BCUT2D eigenvalue weighted by Gasteiger charge is -2.25. The molecule has 0 bridgehead atoms. The minimum atomic E-state index is -4.00. The standard InChI is InChI=1S/C13H16BrNO5S/c1-20-10-5-4-9(14)8-11(10)21(18,19)15-13(12(16)17)6-2-3-7-13/h4-5,8,15H,2-3,6-7H2,1H3,(H,16,17). The number of hydrogen-bond donors (Lipinski definition) is 2.